The number of phenols is 3. The van der Waals surface area contributed by atoms with Crippen LogP contribution in [0.2, 0.25) is 0 Å². The largest absolute Gasteiger partial charge is 0.508 e. The Hall–Kier alpha value is -9.25. The molecule has 0 saturated carbocycles. The van der Waals surface area contributed by atoms with Gasteiger partial charge in [0, 0.05) is 25.3 Å². The monoisotopic (exact) mass is 1130 g/mol. The van der Waals surface area contributed by atoms with Crippen molar-refractivity contribution in [1.82, 2.24) is 47.9 Å². The molecule has 8 atom stereocenters. The van der Waals surface area contributed by atoms with Crippen LogP contribution in [0.25, 0.3) is 0 Å². The molecule has 80 heavy (non-hydrogen) atoms. The maximum absolute atomic E-state index is 14.3. The highest BCUT2D eigenvalue weighted by Gasteiger charge is 2.39. The first-order valence-electron chi connectivity index (χ1n) is 24.7. The van der Waals surface area contributed by atoms with Gasteiger partial charge >= 0.3 is 24.1 Å². The topological polar surface area (TPSA) is 467 Å². The normalized spacial score (nSPS) is 14.0. The summed E-state index contributed by atoms with van der Waals surface area (Å²) < 4.78 is 5.31. The minimum atomic E-state index is -2.78. The van der Waals surface area contributed by atoms with E-state index in [4.69, 9.17) is 14.9 Å². The van der Waals surface area contributed by atoms with E-state index in [1.165, 1.54) is 79.2 Å². The number of carbonyl (C=O) groups is 11. The lowest BCUT2D eigenvalue weighted by molar-refractivity contribution is -0.152. The quantitative estimate of drug-likeness (QED) is 0.0338. The molecular formula is C51H67N9O20. The molecule has 3 aromatic carbocycles. The van der Waals surface area contributed by atoms with Gasteiger partial charge in [0.2, 0.25) is 41.4 Å². The van der Waals surface area contributed by atoms with Crippen molar-refractivity contribution in [2.75, 3.05) is 20.3 Å². The van der Waals surface area contributed by atoms with E-state index in [-0.39, 0.29) is 60.2 Å². The van der Waals surface area contributed by atoms with Crippen molar-refractivity contribution >= 4 is 65.4 Å². The van der Waals surface area contributed by atoms with Crippen LogP contribution < -0.4 is 52.6 Å². The van der Waals surface area contributed by atoms with E-state index in [1.807, 2.05) is 5.32 Å². The number of hydrogen-bond donors (Lipinski definition) is 17. The fraction of sp³-hybridized carbons (Fsp3) is 0.431. The van der Waals surface area contributed by atoms with Gasteiger partial charge < -0.3 is 88.1 Å². The number of phenolic OH excluding ortho intramolecular Hbond substituents is 3. The predicted octanol–water partition coefficient (Wildman–Crippen LogP) is -2.17. The number of aromatic hydroxyl groups is 3. The molecule has 10 amide bonds. The molecule has 0 unspecified atom stereocenters. The first-order valence-corrected chi connectivity index (χ1v) is 24.7. The van der Waals surface area contributed by atoms with Crippen LogP contribution >= 0.6 is 0 Å². The van der Waals surface area contributed by atoms with Crippen molar-refractivity contribution in [2.45, 2.75) is 108 Å². The molecule has 29 heteroatoms. The van der Waals surface area contributed by atoms with Crippen molar-refractivity contribution in [3.8, 4) is 23.0 Å². The zero-order valence-corrected chi connectivity index (χ0v) is 44.1. The Morgan fingerprint density at radius 3 is 1.35 bits per heavy atom. The summed E-state index contributed by atoms with van der Waals surface area (Å²) in [5.74, 6) is -13.0. The number of methoxy groups -OCH3 is 1. The molecular weight excluding hydrogens is 1060 g/mol. The number of aliphatic hydroxyl groups excluding tert-OH is 2. The van der Waals surface area contributed by atoms with E-state index in [2.05, 4.69) is 37.2 Å². The van der Waals surface area contributed by atoms with Crippen molar-refractivity contribution in [1.29, 1.82) is 0 Å². The predicted molar refractivity (Wildman–Crippen MR) is 277 cm³/mol. The average Bonchev–Trinajstić information content (AvgIpc) is 3.38. The highest BCUT2D eigenvalue weighted by Crippen LogP contribution is 2.25. The van der Waals surface area contributed by atoms with Crippen LogP contribution in [0.15, 0.2) is 66.7 Å². The molecule has 0 aromatic heterocycles. The molecule has 3 aromatic rings. The van der Waals surface area contributed by atoms with Crippen LogP contribution in [0.1, 0.15) is 57.2 Å². The third kappa shape index (κ3) is 21.6. The van der Waals surface area contributed by atoms with Gasteiger partial charge in [0.05, 0.1) is 13.7 Å². The van der Waals surface area contributed by atoms with E-state index in [1.54, 1.807) is 27.7 Å². The van der Waals surface area contributed by atoms with Crippen molar-refractivity contribution in [3.63, 3.8) is 0 Å². The number of hydrogen-bond acceptors (Lipinski definition) is 17. The summed E-state index contributed by atoms with van der Waals surface area (Å²) >= 11 is 0. The number of aliphatic carboxylic acids is 2. The van der Waals surface area contributed by atoms with E-state index < -0.39 is 139 Å². The molecule has 0 heterocycles. The Balaban J connectivity index is 1.97. The summed E-state index contributed by atoms with van der Waals surface area (Å²) in [5, 5.41) is 98.7. The summed E-state index contributed by atoms with van der Waals surface area (Å²) in [4.78, 5) is 145. The highest BCUT2D eigenvalue weighted by atomic mass is 16.5. The van der Waals surface area contributed by atoms with Gasteiger partial charge in [-0.1, -0.05) is 58.0 Å². The number of carboxylic acids is 2. The van der Waals surface area contributed by atoms with Crippen molar-refractivity contribution < 1.29 is 98.3 Å². The summed E-state index contributed by atoms with van der Waals surface area (Å²) in [5.41, 5.74) is 0.879. The number of ether oxygens (including phenoxy) is 1. The molecule has 0 saturated heterocycles. The standard InChI is InChI=1S/C51H67N9O20/c1-24(2)16-32(42(68)52-22-39(65)66)53-45(71)36(20-28-10-15-31(64)21-38(28)80-5)56-47(73)37(23-61)57-48(74)40(41(67)49(75)76)59-46(72)33(17-25(3)4)54-43(69)34(18-26-6-11-29(62)12-7-26)55-44(70)35(58-50(77)60-51(78)79)19-27-8-13-30(63)14-9-27/h6-15,21,24-25,32-37,40-41,61-64,67H,16-20,22-23H2,1-5H3,(H,52,68)(H,53,71)(H,54,69)(H,55,70)(H,56,73)(H,57,74)(H,59,72)(H,65,66)(H,75,76)(H,78,79)(H2,58,60,77)/t32-,33-,34+,35-,36+,37-,40-,41+/m0/s1. The Bertz CT molecular complexity index is 2690. The van der Waals surface area contributed by atoms with E-state index >= 15 is 0 Å². The minimum absolute atomic E-state index is 0.0205. The molecule has 0 fully saturated rings. The Morgan fingerprint density at radius 2 is 0.912 bits per heavy atom. The lowest BCUT2D eigenvalue weighted by Crippen LogP contribution is -2.63. The third-order valence-corrected chi connectivity index (χ3v) is 11.6. The summed E-state index contributed by atoms with van der Waals surface area (Å²) in [6.07, 6.45) is -5.95. The second kappa shape index (κ2) is 31.2. The lowest BCUT2D eigenvalue weighted by Gasteiger charge is -2.29. The first kappa shape index (κ1) is 65.0. The van der Waals surface area contributed by atoms with Gasteiger partial charge in [0.15, 0.2) is 6.10 Å². The maximum Gasteiger partial charge on any atom is 0.412 e. The van der Waals surface area contributed by atoms with Gasteiger partial charge in [-0.05, 0) is 71.7 Å². The zero-order chi connectivity index (χ0) is 60.0. The maximum atomic E-state index is 14.3. The number of urea groups is 1. The van der Waals surface area contributed by atoms with Crippen LogP contribution in [0.3, 0.4) is 0 Å². The minimum Gasteiger partial charge on any atom is -0.508 e. The zero-order valence-electron chi connectivity index (χ0n) is 44.1. The van der Waals surface area contributed by atoms with Crippen molar-refractivity contribution in [2.24, 2.45) is 11.8 Å². The van der Waals surface area contributed by atoms with E-state index in [0.29, 0.717) is 11.1 Å². The van der Waals surface area contributed by atoms with Gasteiger partial charge in [0.25, 0.3) is 0 Å². The van der Waals surface area contributed by atoms with Gasteiger partial charge in [-0.15, -0.1) is 0 Å². The average molecular weight is 1130 g/mol. The van der Waals surface area contributed by atoms with E-state index in [0.717, 1.165) is 0 Å². The van der Waals surface area contributed by atoms with Crippen LogP contribution in [0, 0.1) is 11.8 Å². The number of rotatable bonds is 30. The number of aliphatic hydroxyl groups is 2. The van der Waals surface area contributed by atoms with Gasteiger partial charge in [-0.3, -0.25) is 38.4 Å². The third-order valence-electron chi connectivity index (χ3n) is 11.6. The molecule has 436 valence electrons. The molecule has 0 spiro atoms. The molecule has 0 radical (unpaired) electrons. The molecule has 17 N–H and O–H groups in total. The summed E-state index contributed by atoms with van der Waals surface area (Å²) in [6.45, 7) is 4.55. The fourth-order valence-corrected chi connectivity index (χ4v) is 7.70. The molecule has 0 aliphatic carbocycles. The van der Waals surface area contributed by atoms with Crippen LogP contribution in [0.4, 0.5) is 9.59 Å². The number of carbonyl (C=O) groups excluding carboxylic acids is 8. The molecule has 0 aliphatic rings. The van der Waals surface area contributed by atoms with Crippen molar-refractivity contribution in [3.05, 3.63) is 83.4 Å². The van der Waals surface area contributed by atoms with Crippen LogP contribution in [0.5, 0.6) is 23.0 Å². The number of amides is 10. The molecule has 0 bridgehead atoms. The van der Waals surface area contributed by atoms with Crippen LogP contribution in [-0.4, -0.2) is 175 Å². The highest BCUT2D eigenvalue weighted by molar-refractivity contribution is 6.00. The lowest BCUT2D eigenvalue weighted by atomic mass is 9.99. The van der Waals surface area contributed by atoms with Gasteiger partial charge in [0.1, 0.15) is 71.8 Å². The van der Waals surface area contributed by atoms with Crippen LogP contribution in [-0.2, 0) is 62.4 Å². The SMILES string of the molecule is COc1cc(O)ccc1C[C@@H](NC(=O)[C@H](CO)NC(=O)[C@@H](NC(=O)[C@H](CC(C)C)NC(=O)[C@@H](Cc1ccc(O)cc1)NC(=O)[C@H](Cc1ccc(O)cc1)NC(=O)NC(=O)O)[C@@H](O)C(=O)O)C(=O)N[C@@H](CC(C)C)C(=O)NCC(=O)O. The second-order valence-corrected chi connectivity index (χ2v) is 19.0. The fourth-order valence-electron chi connectivity index (χ4n) is 7.70. The number of benzene rings is 3. The number of nitrogens with one attached hydrogen (secondary N) is 9. The Morgan fingerprint density at radius 1 is 0.500 bits per heavy atom. The number of imide groups is 1. The molecule has 3 rings (SSSR count). The van der Waals surface area contributed by atoms with Gasteiger partial charge in [-0.25, -0.2) is 19.7 Å². The second-order valence-electron chi connectivity index (χ2n) is 19.0. The summed E-state index contributed by atoms with van der Waals surface area (Å²) in [7, 11) is 1.24. The Labute approximate surface area is 457 Å². The smallest absolute Gasteiger partial charge is 0.412 e. The van der Waals surface area contributed by atoms with E-state index in [9.17, 15) is 83.4 Å². The molecule has 0 aliphatic heterocycles. The van der Waals surface area contributed by atoms with Gasteiger partial charge in [-0.2, -0.15) is 0 Å². The first-order chi connectivity index (χ1) is 37.6. The Kier molecular flexibility index (Phi) is 25.4. The molecule has 29 nitrogen and oxygen atoms in total. The number of carboxylic acid groups (broad SMARTS) is 3. The summed E-state index contributed by atoms with van der Waals surface area (Å²) in [6, 6.07) is 0.497.